The molecule has 0 fully saturated rings. The first-order valence-corrected chi connectivity index (χ1v) is 9.88. The third-order valence-electron chi connectivity index (χ3n) is 3.45. The number of aliphatic carboxylic acids is 1. The first-order chi connectivity index (χ1) is 12.8. The maximum absolute atomic E-state index is 12.0. The topological polar surface area (TPSA) is 125 Å². The smallest absolute Gasteiger partial charge is 0.326 e. The number of benzene rings is 1. The molecule has 0 spiro atoms. The van der Waals surface area contributed by atoms with Gasteiger partial charge in [0.1, 0.15) is 6.04 Å². The molecule has 4 N–H and O–H groups in total. The molecule has 0 aliphatic heterocycles. The van der Waals surface area contributed by atoms with Gasteiger partial charge in [-0.05, 0) is 31.2 Å². The Morgan fingerprint density at radius 1 is 1.15 bits per heavy atom. The number of carboxylic acids is 1. The van der Waals surface area contributed by atoms with Crippen molar-refractivity contribution >= 4 is 48.1 Å². The van der Waals surface area contributed by atoms with Gasteiger partial charge in [-0.25, -0.2) is 4.79 Å². The molecular formula is C17H23N3O5S2. The molecule has 8 nitrogen and oxygen atoms in total. The van der Waals surface area contributed by atoms with Crippen LogP contribution in [0.3, 0.4) is 0 Å². The number of thioether (sulfide) groups is 1. The Morgan fingerprint density at radius 3 is 2.41 bits per heavy atom. The van der Waals surface area contributed by atoms with Gasteiger partial charge in [0.05, 0.1) is 17.7 Å². The number of hydrogen-bond donors (Lipinski definition) is 5. The lowest BCUT2D eigenvalue weighted by Gasteiger charge is -2.15. The van der Waals surface area contributed by atoms with Gasteiger partial charge in [0.2, 0.25) is 11.8 Å². The van der Waals surface area contributed by atoms with E-state index in [-0.39, 0.29) is 30.7 Å². The van der Waals surface area contributed by atoms with Crippen molar-refractivity contribution in [3.05, 3.63) is 35.9 Å². The minimum atomic E-state index is -1.15. The molecule has 1 aromatic carbocycles. The zero-order valence-electron chi connectivity index (χ0n) is 14.8. The van der Waals surface area contributed by atoms with Crippen molar-refractivity contribution in [3.63, 3.8) is 0 Å². The third kappa shape index (κ3) is 8.83. The highest BCUT2D eigenvalue weighted by molar-refractivity contribution is 8.00. The maximum atomic E-state index is 12.0. The number of carbonyl (C=O) groups excluding carboxylic acids is 3. The minimum Gasteiger partial charge on any atom is -0.480 e. The van der Waals surface area contributed by atoms with Gasteiger partial charge in [-0.15, -0.1) is 11.8 Å². The standard InChI is InChI=1S/C17H23N3O5S2/c1-11(27-10-19-16(23)12-5-3-2-4-6-12)15(22)18-9-14(21)20-13(7-8-26)17(24)25/h2-6,11,13,26H,7-10H2,1H3,(H,18,22)(H,19,23)(H,20,21)(H,24,25)/t11-,13-/m0/s1. The monoisotopic (exact) mass is 413 g/mol. The minimum absolute atomic E-state index is 0.186. The third-order valence-corrected chi connectivity index (χ3v) is 4.73. The Morgan fingerprint density at radius 2 is 1.81 bits per heavy atom. The molecule has 3 amide bonds. The Hall–Kier alpha value is -2.20. The lowest BCUT2D eigenvalue weighted by Crippen LogP contribution is -2.46. The second-order valence-corrected chi connectivity index (χ2v) is 7.29. The number of carbonyl (C=O) groups is 4. The van der Waals surface area contributed by atoms with E-state index in [2.05, 4.69) is 28.6 Å². The molecule has 0 unspecified atom stereocenters. The largest absolute Gasteiger partial charge is 0.480 e. The first-order valence-electron chi connectivity index (χ1n) is 8.20. The molecular weight excluding hydrogens is 390 g/mol. The summed E-state index contributed by atoms with van der Waals surface area (Å²) >= 11 is 5.15. The SMILES string of the molecule is C[C@H](SCNC(=O)c1ccccc1)C(=O)NCC(=O)N[C@@H](CCS)C(=O)O. The van der Waals surface area contributed by atoms with Crippen molar-refractivity contribution in [3.8, 4) is 0 Å². The second-order valence-electron chi connectivity index (χ2n) is 5.51. The summed E-state index contributed by atoms with van der Waals surface area (Å²) in [5.41, 5.74) is 0.529. The van der Waals surface area contributed by atoms with Crippen LogP contribution in [0.25, 0.3) is 0 Å². The molecule has 0 bridgehead atoms. The molecule has 0 aliphatic carbocycles. The van der Waals surface area contributed by atoms with E-state index < -0.39 is 23.2 Å². The number of carboxylic acid groups (broad SMARTS) is 1. The van der Waals surface area contributed by atoms with Gasteiger partial charge in [-0.2, -0.15) is 12.6 Å². The predicted octanol–water partition coefficient (Wildman–Crippen LogP) is 0.501. The summed E-state index contributed by atoms with van der Waals surface area (Å²) in [4.78, 5) is 46.6. The summed E-state index contributed by atoms with van der Waals surface area (Å²) < 4.78 is 0. The van der Waals surface area contributed by atoms with Crippen molar-refractivity contribution in [2.75, 3.05) is 18.2 Å². The van der Waals surface area contributed by atoms with Gasteiger partial charge in [-0.3, -0.25) is 14.4 Å². The van der Waals surface area contributed by atoms with Crippen molar-refractivity contribution < 1.29 is 24.3 Å². The van der Waals surface area contributed by atoms with Gasteiger partial charge >= 0.3 is 5.97 Å². The van der Waals surface area contributed by atoms with Crippen molar-refractivity contribution in [2.45, 2.75) is 24.6 Å². The van der Waals surface area contributed by atoms with E-state index >= 15 is 0 Å². The Balaban J connectivity index is 2.30. The summed E-state index contributed by atoms with van der Waals surface area (Å²) in [6.45, 7) is 1.32. The highest BCUT2D eigenvalue weighted by atomic mass is 32.2. The summed E-state index contributed by atoms with van der Waals surface area (Å²) in [5, 5.41) is 15.9. The molecule has 0 aromatic heterocycles. The van der Waals surface area contributed by atoms with Crippen LogP contribution in [0.1, 0.15) is 23.7 Å². The number of rotatable bonds is 11. The number of thiol groups is 1. The van der Waals surface area contributed by atoms with Crippen LogP contribution in [0.15, 0.2) is 30.3 Å². The highest BCUT2D eigenvalue weighted by Gasteiger charge is 2.20. The van der Waals surface area contributed by atoms with Gasteiger partial charge in [0, 0.05) is 5.56 Å². The zero-order chi connectivity index (χ0) is 20.2. The molecule has 27 heavy (non-hydrogen) atoms. The fourth-order valence-electron chi connectivity index (χ4n) is 1.94. The predicted molar refractivity (Wildman–Crippen MR) is 107 cm³/mol. The number of hydrogen-bond acceptors (Lipinski definition) is 6. The van der Waals surface area contributed by atoms with Crippen LogP contribution in [-0.2, 0) is 14.4 Å². The maximum Gasteiger partial charge on any atom is 0.326 e. The lowest BCUT2D eigenvalue weighted by atomic mass is 10.2. The summed E-state index contributed by atoms with van der Waals surface area (Å²) in [7, 11) is 0. The average molecular weight is 414 g/mol. The van der Waals surface area contributed by atoms with Crippen LogP contribution in [0.5, 0.6) is 0 Å². The Kier molecular flexibility index (Phi) is 10.3. The van der Waals surface area contributed by atoms with Crippen molar-refractivity contribution in [1.82, 2.24) is 16.0 Å². The van der Waals surface area contributed by atoms with Crippen molar-refractivity contribution in [1.29, 1.82) is 0 Å². The van der Waals surface area contributed by atoms with E-state index in [1.165, 1.54) is 11.8 Å². The summed E-state index contributed by atoms with van der Waals surface area (Å²) in [5.74, 6) is -1.82. The van der Waals surface area contributed by atoms with Gasteiger partial charge < -0.3 is 21.1 Å². The number of nitrogens with one attached hydrogen (secondary N) is 3. The van der Waals surface area contributed by atoms with E-state index in [0.717, 1.165) is 0 Å². The van der Waals surface area contributed by atoms with E-state index in [1.54, 1.807) is 31.2 Å². The van der Waals surface area contributed by atoms with Crippen molar-refractivity contribution in [2.24, 2.45) is 0 Å². The van der Waals surface area contributed by atoms with E-state index in [4.69, 9.17) is 5.11 Å². The molecule has 0 heterocycles. The normalized spacial score (nSPS) is 12.5. The molecule has 1 rings (SSSR count). The molecule has 0 saturated carbocycles. The Labute approximate surface area is 167 Å². The fraction of sp³-hybridized carbons (Fsp3) is 0.412. The molecule has 2 atom stereocenters. The quantitative estimate of drug-likeness (QED) is 0.266. The van der Waals surface area contributed by atoms with Gasteiger partial charge in [-0.1, -0.05) is 18.2 Å². The molecule has 0 saturated heterocycles. The van der Waals surface area contributed by atoms with Gasteiger partial charge in [0.25, 0.3) is 5.91 Å². The summed E-state index contributed by atoms with van der Waals surface area (Å²) in [6.07, 6.45) is 0.186. The van der Waals surface area contributed by atoms with Crippen LogP contribution in [-0.4, -0.2) is 58.3 Å². The summed E-state index contributed by atoms with van der Waals surface area (Å²) in [6, 6.07) is 7.67. The second kappa shape index (κ2) is 12.2. The molecule has 0 aliphatic rings. The first kappa shape index (κ1) is 22.8. The molecule has 1 aromatic rings. The van der Waals surface area contributed by atoms with Crippen LogP contribution in [0.4, 0.5) is 0 Å². The van der Waals surface area contributed by atoms with Gasteiger partial charge in [0.15, 0.2) is 0 Å². The molecule has 148 valence electrons. The lowest BCUT2D eigenvalue weighted by molar-refractivity contribution is -0.141. The molecule has 0 radical (unpaired) electrons. The fourth-order valence-corrected chi connectivity index (χ4v) is 2.90. The van der Waals surface area contributed by atoms with Crippen LogP contribution >= 0.6 is 24.4 Å². The molecule has 10 heteroatoms. The van der Waals surface area contributed by atoms with E-state index in [1.807, 2.05) is 6.07 Å². The van der Waals surface area contributed by atoms with Crippen LogP contribution in [0, 0.1) is 0 Å². The average Bonchev–Trinajstić information content (AvgIpc) is 2.66. The highest BCUT2D eigenvalue weighted by Crippen LogP contribution is 2.09. The van der Waals surface area contributed by atoms with E-state index in [0.29, 0.717) is 11.3 Å². The Bertz CT molecular complexity index is 657. The van der Waals surface area contributed by atoms with E-state index in [9.17, 15) is 19.2 Å². The zero-order valence-corrected chi connectivity index (χ0v) is 16.5. The van der Waals surface area contributed by atoms with Crippen LogP contribution in [0.2, 0.25) is 0 Å². The van der Waals surface area contributed by atoms with Crippen LogP contribution < -0.4 is 16.0 Å². The number of amides is 3.